The van der Waals surface area contributed by atoms with Gasteiger partial charge in [0.1, 0.15) is 4.88 Å². The highest BCUT2D eigenvalue weighted by molar-refractivity contribution is 14.1. The summed E-state index contributed by atoms with van der Waals surface area (Å²) in [5.74, 6) is -0.358. The molecule has 1 aromatic heterocycles. The molecule has 0 aliphatic carbocycles. The Labute approximate surface area is 88.0 Å². The number of carbonyl (C=O) groups excluding carboxylic acids is 1. The molecule has 5 heteroatoms. The molecule has 0 aromatic carbocycles. The highest BCUT2D eigenvalue weighted by Gasteiger charge is 2.17. The van der Waals surface area contributed by atoms with Crippen LogP contribution < -0.4 is 5.73 Å². The van der Waals surface area contributed by atoms with Gasteiger partial charge in [0, 0.05) is 0 Å². The first-order valence-corrected chi connectivity index (χ1v) is 5.10. The van der Waals surface area contributed by atoms with E-state index in [1.807, 2.05) is 6.92 Å². The van der Waals surface area contributed by atoms with Gasteiger partial charge in [-0.1, -0.05) is 0 Å². The van der Waals surface area contributed by atoms with Crippen LogP contribution in [-0.4, -0.2) is 13.1 Å². The van der Waals surface area contributed by atoms with Gasteiger partial charge < -0.3 is 10.5 Å². The molecule has 0 spiro atoms. The van der Waals surface area contributed by atoms with Crippen LogP contribution in [0.1, 0.15) is 15.2 Å². The molecule has 12 heavy (non-hydrogen) atoms. The Kier molecular flexibility index (Phi) is 2.94. The van der Waals surface area contributed by atoms with E-state index in [1.165, 1.54) is 18.4 Å². The maximum atomic E-state index is 11.1. The van der Waals surface area contributed by atoms with Gasteiger partial charge in [0.25, 0.3) is 0 Å². The number of hydrogen-bond acceptors (Lipinski definition) is 4. The summed E-state index contributed by atoms with van der Waals surface area (Å²) in [7, 11) is 1.35. The third-order valence-corrected chi connectivity index (χ3v) is 4.05. The third kappa shape index (κ3) is 1.56. The number of methoxy groups -OCH3 is 1. The molecule has 0 aliphatic heterocycles. The fourth-order valence-electron chi connectivity index (χ4n) is 0.742. The van der Waals surface area contributed by atoms with Gasteiger partial charge in [0.2, 0.25) is 0 Å². The minimum absolute atomic E-state index is 0.358. The normalized spacial score (nSPS) is 9.92. The second-order valence-electron chi connectivity index (χ2n) is 2.24. The lowest BCUT2D eigenvalue weighted by atomic mass is 10.3. The quantitative estimate of drug-likeness (QED) is 0.637. The van der Waals surface area contributed by atoms with Crippen molar-refractivity contribution >= 4 is 45.6 Å². The highest BCUT2D eigenvalue weighted by atomic mass is 127. The Morgan fingerprint density at radius 3 is 2.58 bits per heavy atom. The summed E-state index contributed by atoms with van der Waals surface area (Å²) in [5, 5.41) is 0. The van der Waals surface area contributed by atoms with Gasteiger partial charge >= 0.3 is 5.97 Å². The summed E-state index contributed by atoms with van der Waals surface area (Å²) in [6.07, 6.45) is 0. The van der Waals surface area contributed by atoms with Crippen molar-refractivity contribution < 1.29 is 9.53 Å². The van der Waals surface area contributed by atoms with Crippen LogP contribution in [0.5, 0.6) is 0 Å². The number of anilines is 1. The van der Waals surface area contributed by atoms with E-state index in [0.29, 0.717) is 10.6 Å². The number of thiophene rings is 1. The van der Waals surface area contributed by atoms with Crippen LogP contribution in [0.2, 0.25) is 0 Å². The van der Waals surface area contributed by atoms with Gasteiger partial charge in [0.15, 0.2) is 0 Å². The molecule has 0 radical (unpaired) electrons. The van der Waals surface area contributed by atoms with Crippen LogP contribution in [0.4, 0.5) is 5.69 Å². The number of esters is 1. The molecule has 0 atom stereocenters. The lowest BCUT2D eigenvalue weighted by Crippen LogP contribution is -2.01. The molecule has 2 N–H and O–H groups in total. The van der Waals surface area contributed by atoms with Crippen molar-refractivity contribution in [3.05, 3.63) is 13.3 Å². The van der Waals surface area contributed by atoms with Crippen LogP contribution in [0, 0.1) is 9.81 Å². The molecule has 0 unspecified atom stereocenters. The van der Waals surface area contributed by atoms with Crippen molar-refractivity contribution in [2.24, 2.45) is 0 Å². The van der Waals surface area contributed by atoms with E-state index in [-0.39, 0.29) is 5.97 Å². The molecule has 0 fully saturated rings. The molecule has 0 aliphatic rings. The zero-order valence-electron chi connectivity index (χ0n) is 6.68. The van der Waals surface area contributed by atoms with Crippen LogP contribution in [0.3, 0.4) is 0 Å². The number of rotatable bonds is 1. The highest BCUT2D eigenvalue weighted by Crippen LogP contribution is 2.31. The van der Waals surface area contributed by atoms with E-state index in [1.54, 1.807) is 0 Å². The average molecular weight is 297 g/mol. The predicted molar refractivity (Wildman–Crippen MR) is 57.5 cm³/mol. The maximum Gasteiger partial charge on any atom is 0.350 e. The van der Waals surface area contributed by atoms with Gasteiger partial charge in [-0.05, 0) is 35.1 Å². The van der Waals surface area contributed by atoms with Crippen LogP contribution in [-0.2, 0) is 4.74 Å². The Bertz CT molecular complexity index is 321. The molecular formula is C7H8INO2S. The van der Waals surface area contributed by atoms with E-state index in [2.05, 4.69) is 27.3 Å². The second kappa shape index (κ2) is 3.61. The lowest BCUT2D eigenvalue weighted by Gasteiger charge is -1.95. The zero-order valence-corrected chi connectivity index (χ0v) is 9.65. The van der Waals surface area contributed by atoms with Crippen molar-refractivity contribution in [2.75, 3.05) is 12.8 Å². The Morgan fingerprint density at radius 1 is 1.67 bits per heavy atom. The molecule has 1 rings (SSSR count). The fourth-order valence-corrected chi connectivity index (χ4v) is 2.56. The number of nitrogens with two attached hydrogens (primary N) is 1. The summed E-state index contributed by atoms with van der Waals surface area (Å²) in [4.78, 5) is 11.6. The van der Waals surface area contributed by atoms with Crippen molar-refractivity contribution in [1.29, 1.82) is 0 Å². The van der Waals surface area contributed by atoms with E-state index in [0.717, 1.165) is 8.45 Å². The summed E-state index contributed by atoms with van der Waals surface area (Å²) in [6.45, 7) is 1.89. The number of carbonyl (C=O) groups is 1. The average Bonchev–Trinajstić information content (AvgIpc) is 2.32. The SMILES string of the molecule is COC(=O)c1sc(I)c(C)c1N. The van der Waals surface area contributed by atoms with Crippen molar-refractivity contribution in [3.63, 3.8) is 0 Å². The minimum Gasteiger partial charge on any atom is -0.465 e. The first kappa shape index (κ1) is 9.79. The predicted octanol–water partition coefficient (Wildman–Crippen LogP) is 2.03. The Hall–Kier alpha value is -0.300. The topological polar surface area (TPSA) is 52.3 Å². The molecule has 3 nitrogen and oxygen atoms in total. The van der Waals surface area contributed by atoms with E-state index >= 15 is 0 Å². The molecular weight excluding hydrogens is 289 g/mol. The van der Waals surface area contributed by atoms with Crippen LogP contribution >= 0.6 is 33.9 Å². The maximum absolute atomic E-state index is 11.1. The van der Waals surface area contributed by atoms with Gasteiger partial charge in [-0.15, -0.1) is 11.3 Å². The zero-order chi connectivity index (χ0) is 9.30. The molecule has 0 bridgehead atoms. The first-order valence-electron chi connectivity index (χ1n) is 3.20. The van der Waals surface area contributed by atoms with Crippen molar-refractivity contribution in [1.82, 2.24) is 0 Å². The van der Waals surface area contributed by atoms with Gasteiger partial charge in [-0.2, -0.15) is 0 Å². The van der Waals surface area contributed by atoms with E-state index in [9.17, 15) is 4.79 Å². The first-order chi connectivity index (χ1) is 5.57. The number of ether oxygens (including phenoxy) is 1. The summed E-state index contributed by atoms with van der Waals surface area (Å²) in [6, 6.07) is 0. The van der Waals surface area contributed by atoms with Crippen molar-refractivity contribution in [3.8, 4) is 0 Å². The second-order valence-corrected chi connectivity index (χ2v) is 5.07. The van der Waals surface area contributed by atoms with Crippen LogP contribution in [0.25, 0.3) is 0 Å². The Balaban J connectivity index is 3.17. The number of nitrogen functional groups attached to an aromatic ring is 1. The van der Waals surface area contributed by atoms with Gasteiger partial charge in [-0.25, -0.2) is 4.79 Å². The van der Waals surface area contributed by atoms with Crippen molar-refractivity contribution in [2.45, 2.75) is 6.92 Å². The van der Waals surface area contributed by atoms with E-state index < -0.39 is 0 Å². The number of hydrogen-bond donors (Lipinski definition) is 1. The lowest BCUT2D eigenvalue weighted by molar-refractivity contribution is 0.0607. The largest absolute Gasteiger partial charge is 0.465 e. The molecule has 1 heterocycles. The molecule has 0 saturated heterocycles. The van der Waals surface area contributed by atoms with Crippen LogP contribution in [0.15, 0.2) is 0 Å². The molecule has 0 saturated carbocycles. The van der Waals surface area contributed by atoms with Gasteiger partial charge in [-0.3, -0.25) is 0 Å². The Morgan fingerprint density at radius 2 is 2.25 bits per heavy atom. The molecule has 1 aromatic rings. The third-order valence-electron chi connectivity index (χ3n) is 1.51. The van der Waals surface area contributed by atoms with Gasteiger partial charge in [0.05, 0.1) is 15.7 Å². The molecule has 66 valence electrons. The fraction of sp³-hybridized carbons (Fsp3) is 0.286. The summed E-state index contributed by atoms with van der Waals surface area (Å²) in [5.41, 5.74) is 7.18. The van der Waals surface area contributed by atoms with E-state index in [4.69, 9.17) is 5.73 Å². The smallest absolute Gasteiger partial charge is 0.350 e. The minimum atomic E-state index is -0.358. The summed E-state index contributed by atoms with van der Waals surface area (Å²) < 4.78 is 5.61. The number of halogens is 1. The monoisotopic (exact) mass is 297 g/mol. The standard InChI is InChI=1S/C7H8INO2S/c1-3-4(9)5(7(10)11-2)12-6(3)8/h9H2,1-2H3. The molecule has 0 amide bonds. The summed E-state index contributed by atoms with van der Waals surface area (Å²) >= 11 is 3.51.